The molecule has 30 heavy (non-hydrogen) atoms. The highest BCUT2D eigenvalue weighted by Gasteiger charge is 2.33. The van der Waals surface area contributed by atoms with Crippen molar-refractivity contribution in [2.75, 3.05) is 13.1 Å². The number of aromatic nitrogens is 1. The van der Waals surface area contributed by atoms with Gasteiger partial charge in [-0.05, 0) is 41.8 Å². The van der Waals surface area contributed by atoms with Gasteiger partial charge in [0.25, 0.3) is 0 Å². The normalized spacial score (nSPS) is 15.6. The summed E-state index contributed by atoms with van der Waals surface area (Å²) in [5.41, 5.74) is 2.16. The number of fused-ring (bicyclic) bond motifs is 1. The molecule has 154 valence electrons. The Morgan fingerprint density at radius 3 is 2.60 bits per heavy atom. The fourth-order valence-corrected chi connectivity index (χ4v) is 3.63. The lowest BCUT2D eigenvalue weighted by molar-refractivity contribution is -0.138. The molecule has 0 radical (unpaired) electrons. The number of phenolic OH excluding ortho intramolecular Hbond substituents is 1. The molecule has 1 N–H and O–H groups in total. The zero-order chi connectivity index (χ0) is 21.1. The third-order valence-electron chi connectivity index (χ3n) is 5.23. The van der Waals surface area contributed by atoms with Gasteiger partial charge in [-0.25, -0.2) is 4.98 Å². The number of hydrogen-bond donors (Lipinski definition) is 1. The van der Waals surface area contributed by atoms with E-state index in [2.05, 4.69) is 4.98 Å². The van der Waals surface area contributed by atoms with Crippen molar-refractivity contribution in [3.63, 3.8) is 0 Å². The Kier molecular flexibility index (Phi) is 5.59. The first-order valence-corrected chi connectivity index (χ1v) is 9.73. The highest BCUT2D eigenvalue weighted by atomic mass is 19.4. The number of benzene rings is 2. The third-order valence-corrected chi connectivity index (χ3v) is 5.23. The number of pyridine rings is 1. The van der Waals surface area contributed by atoms with Crippen LogP contribution in [0.1, 0.15) is 23.2 Å². The summed E-state index contributed by atoms with van der Waals surface area (Å²) < 4.78 is 39.6. The van der Waals surface area contributed by atoms with Gasteiger partial charge in [0.15, 0.2) is 0 Å². The number of para-hydroxylation sites is 1. The van der Waals surface area contributed by atoms with E-state index in [4.69, 9.17) is 0 Å². The minimum absolute atomic E-state index is 0.148. The van der Waals surface area contributed by atoms with Crippen LogP contribution < -0.4 is 0 Å². The average Bonchev–Trinajstić information content (AvgIpc) is 2.73. The van der Waals surface area contributed by atoms with Gasteiger partial charge < -0.3 is 5.11 Å². The van der Waals surface area contributed by atoms with Crippen molar-refractivity contribution in [2.24, 2.45) is 0 Å². The maximum atomic E-state index is 13.2. The van der Waals surface area contributed by atoms with Crippen LogP contribution in [-0.2, 0) is 12.7 Å². The van der Waals surface area contributed by atoms with Crippen molar-refractivity contribution in [3.05, 3.63) is 89.1 Å². The Hall–Kier alpha value is -3.12. The average molecular weight is 410 g/mol. The molecule has 0 atom stereocenters. The predicted octanol–water partition coefficient (Wildman–Crippen LogP) is 5.80. The van der Waals surface area contributed by atoms with Gasteiger partial charge in [-0.1, -0.05) is 48.6 Å². The highest BCUT2D eigenvalue weighted by Crippen LogP contribution is 2.32. The summed E-state index contributed by atoms with van der Waals surface area (Å²) in [5.74, 6) is 0.148. The number of alkyl halides is 3. The van der Waals surface area contributed by atoms with Crippen LogP contribution in [0.4, 0.5) is 13.2 Å². The van der Waals surface area contributed by atoms with Crippen molar-refractivity contribution in [1.82, 2.24) is 9.88 Å². The summed E-state index contributed by atoms with van der Waals surface area (Å²) >= 11 is 0. The summed E-state index contributed by atoms with van der Waals surface area (Å²) in [5, 5.41) is 10.8. The SMILES string of the molecule is Oc1cccc2ccc(/C=C/C3=CCN(Cc4ccccc4C(F)(F)F)CC3)nc12. The van der Waals surface area contributed by atoms with Gasteiger partial charge in [-0.3, -0.25) is 4.90 Å². The van der Waals surface area contributed by atoms with Gasteiger partial charge in [0.2, 0.25) is 0 Å². The number of aromatic hydroxyl groups is 1. The van der Waals surface area contributed by atoms with E-state index in [1.165, 1.54) is 6.07 Å². The van der Waals surface area contributed by atoms with Gasteiger partial charge in [0.05, 0.1) is 11.3 Å². The molecule has 0 bridgehead atoms. The fourth-order valence-electron chi connectivity index (χ4n) is 3.63. The molecule has 4 rings (SSSR count). The van der Waals surface area contributed by atoms with E-state index >= 15 is 0 Å². The molecule has 0 fully saturated rings. The second kappa shape index (κ2) is 8.32. The molecule has 0 saturated heterocycles. The summed E-state index contributed by atoms with van der Waals surface area (Å²) in [6.07, 6.45) is 2.33. The number of allylic oxidation sites excluding steroid dienone is 1. The standard InChI is InChI=1S/C24H21F3N2O/c25-24(26,27)21-6-2-1-4-19(21)16-29-14-12-17(13-15-29)8-10-20-11-9-18-5-3-7-22(30)23(18)28-20/h1-12,30H,13-16H2/b10-8+. The predicted molar refractivity (Wildman–Crippen MR) is 112 cm³/mol. The maximum absolute atomic E-state index is 13.2. The van der Waals surface area contributed by atoms with Crippen molar-refractivity contribution < 1.29 is 18.3 Å². The zero-order valence-electron chi connectivity index (χ0n) is 16.2. The largest absolute Gasteiger partial charge is 0.506 e. The second-order valence-electron chi connectivity index (χ2n) is 7.34. The minimum atomic E-state index is -4.34. The topological polar surface area (TPSA) is 36.4 Å². The molecular weight excluding hydrogens is 389 g/mol. The van der Waals surface area contributed by atoms with Crippen molar-refractivity contribution in [3.8, 4) is 5.75 Å². The summed E-state index contributed by atoms with van der Waals surface area (Å²) in [6, 6.07) is 14.8. The van der Waals surface area contributed by atoms with Crippen LogP contribution >= 0.6 is 0 Å². The Morgan fingerprint density at radius 2 is 1.83 bits per heavy atom. The van der Waals surface area contributed by atoms with E-state index in [9.17, 15) is 18.3 Å². The number of hydrogen-bond acceptors (Lipinski definition) is 3. The second-order valence-corrected chi connectivity index (χ2v) is 7.34. The van der Waals surface area contributed by atoms with Gasteiger partial charge in [-0.2, -0.15) is 13.2 Å². The smallest absolute Gasteiger partial charge is 0.416 e. The van der Waals surface area contributed by atoms with Crippen LogP contribution in [0, 0.1) is 0 Å². The Bertz CT molecular complexity index is 1120. The maximum Gasteiger partial charge on any atom is 0.416 e. The first-order chi connectivity index (χ1) is 14.4. The third kappa shape index (κ3) is 4.54. The molecule has 0 aliphatic carbocycles. The van der Waals surface area contributed by atoms with Gasteiger partial charge in [0.1, 0.15) is 11.3 Å². The van der Waals surface area contributed by atoms with Gasteiger partial charge in [-0.15, -0.1) is 0 Å². The zero-order valence-corrected chi connectivity index (χ0v) is 16.2. The molecule has 0 saturated carbocycles. The molecule has 6 heteroatoms. The molecule has 1 aliphatic rings. The number of halogens is 3. The summed E-state index contributed by atoms with van der Waals surface area (Å²) in [7, 11) is 0. The molecule has 0 amide bonds. The molecule has 0 spiro atoms. The van der Waals surface area contributed by atoms with E-state index in [1.54, 1.807) is 24.3 Å². The lowest BCUT2D eigenvalue weighted by atomic mass is 10.0. The number of rotatable bonds is 4. The quantitative estimate of drug-likeness (QED) is 0.590. The van der Waals surface area contributed by atoms with Crippen LogP contribution in [0.3, 0.4) is 0 Å². The first kappa shape index (κ1) is 20.2. The molecule has 0 unspecified atom stereocenters. The van der Waals surface area contributed by atoms with E-state index < -0.39 is 11.7 Å². The van der Waals surface area contributed by atoms with Crippen molar-refractivity contribution in [1.29, 1.82) is 0 Å². The van der Waals surface area contributed by atoms with E-state index in [0.29, 0.717) is 24.2 Å². The molecule has 1 aliphatic heterocycles. The highest BCUT2D eigenvalue weighted by molar-refractivity contribution is 5.85. The molecule has 3 nitrogen and oxygen atoms in total. The van der Waals surface area contributed by atoms with E-state index in [0.717, 1.165) is 29.1 Å². The van der Waals surface area contributed by atoms with Crippen LogP contribution in [0.15, 0.2) is 72.3 Å². The number of nitrogens with zero attached hydrogens (tertiary/aromatic N) is 2. The molecule has 2 heterocycles. The minimum Gasteiger partial charge on any atom is -0.506 e. The molecule has 3 aromatic rings. The van der Waals surface area contributed by atoms with Crippen molar-refractivity contribution >= 4 is 17.0 Å². The first-order valence-electron chi connectivity index (χ1n) is 9.73. The Morgan fingerprint density at radius 1 is 1.00 bits per heavy atom. The van der Waals surface area contributed by atoms with Gasteiger partial charge in [0, 0.05) is 25.0 Å². The van der Waals surface area contributed by atoms with E-state index in [1.807, 2.05) is 41.3 Å². The number of phenols is 1. The Labute approximate surface area is 172 Å². The summed E-state index contributed by atoms with van der Waals surface area (Å²) in [6.45, 7) is 1.56. The lowest BCUT2D eigenvalue weighted by Crippen LogP contribution is -2.29. The summed E-state index contributed by atoms with van der Waals surface area (Å²) in [4.78, 5) is 6.49. The molecule has 2 aromatic carbocycles. The molecule has 1 aromatic heterocycles. The lowest BCUT2D eigenvalue weighted by Gasteiger charge is -2.26. The van der Waals surface area contributed by atoms with Crippen molar-refractivity contribution in [2.45, 2.75) is 19.1 Å². The van der Waals surface area contributed by atoms with Crippen LogP contribution in [-0.4, -0.2) is 28.1 Å². The van der Waals surface area contributed by atoms with Crippen LogP contribution in [0.25, 0.3) is 17.0 Å². The molecular formula is C24H21F3N2O. The van der Waals surface area contributed by atoms with Gasteiger partial charge >= 0.3 is 6.18 Å². The van der Waals surface area contributed by atoms with Crippen LogP contribution in [0.5, 0.6) is 5.75 Å². The van der Waals surface area contributed by atoms with Crippen LogP contribution in [0.2, 0.25) is 0 Å². The monoisotopic (exact) mass is 410 g/mol. The Balaban J connectivity index is 1.43. The van der Waals surface area contributed by atoms with E-state index in [-0.39, 0.29) is 12.3 Å². The fraction of sp³-hybridized carbons (Fsp3) is 0.208.